The van der Waals surface area contributed by atoms with Gasteiger partial charge in [-0.2, -0.15) is 0 Å². The first-order valence-corrected chi connectivity index (χ1v) is 12.3. The Morgan fingerprint density at radius 1 is 1.23 bits per heavy atom. The van der Waals surface area contributed by atoms with Crippen molar-refractivity contribution in [3.63, 3.8) is 0 Å². The van der Waals surface area contributed by atoms with Crippen LogP contribution in [0.2, 0.25) is 0 Å². The number of Topliss-reactive ketones (excluding diaryl/α,β-unsaturated/α-hetero) is 1. The van der Waals surface area contributed by atoms with Crippen LogP contribution in [-0.4, -0.2) is 21.1 Å². The van der Waals surface area contributed by atoms with Crippen molar-refractivity contribution in [3.8, 4) is 0 Å². The smallest absolute Gasteiger partial charge is 0.263 e. The van der Waals surface area contributed by atoms with Gasteiger partial charge in [-0.1, -0.05) is 55.4 Å². The van der Waals surface area contributed by atoms with Crippen LogP contribution >= 0.6 is 23.1 Å². The van der Waals surface area contributed by atoms with Gasteiger partial charge in [0.25, 0.3) is 5.56 Å². The van der Waals surface area contributed by atoms with Gasteiger partial charge in [-0.15, -0.1) is 17.9 Å². The number of hydrogen-bond acceptors (Lipinski definition) is 5. The zero-order valence-electron chi connectivity index (χ0n) is 17.3. The second-order valence-electron chi connectivity index (χ2n) is 7.61. The number of allylic oxidation sites excluding steroid dienone is 1. The maximum atomic E-state index is 13.4. The third-order valence-corrected chi connectivity index (χ3v) is 7.78. The van der Waals surface area contributed by atoms with Crippen LogP contribution in [0.1, 0.15) is 52.5 Å². The lowest BCUT2D eigenvalue weighted by atomic mass is 10.1. The van der Waals surface area contributed by atoms with E-state index < -0.39 is 0 Å². The Morgan fingerprint density at radius 2 is 2.00 bits per heavy atom. The average molecular weight is 439 g/mol. The van der Waals surface area contributed by atoms with Gasteiger partial charge in [0.2, 0.25) is 0 Å². The number of carbonyl (C=O) groups is 1. The van der Waals surface area contributed by atoms with Crippen molar-refractivity contribution >= 4 is 39.1 Å². The summed E-state index contributed by atoms with van der Waals surface area (Å²) in [7, 11) is 0. The first-order chi connectivity index (χ1) is 14.6. The Hall–Kier alpha value is -2.18. The number of thiophene rings is 1. The number of hydrogen-bond donors (Lipinski definition) is 0. The zero-order chi connectivity index (χ0) is 21.1. The number of aromatic nitrogens is 2. The molecule has 1 aromatic carbocycles. The zero-order valence-corrected chi connectivity index (χ0v) is 18.9. The molecule has 6 heteroatoms. The second-order valence-corrected chi connectivity index (χ2v) is 9.63. The van der Waals surface area contributed by atoms with Crippen LogP contribution in [0.4, 0.5) is 0 Å². The minimum atomic E-state index is 0.00143. The molecule has 2 heterocycles. The molecule has 0 atom stereocenters. The molecule has 156 valence electrons. The summed E-state index contributed by atoms with van der Waals surface area (Å²) in [6.45, 7) is 6.30. The quantitative estimate of drug-likeness (QED) is 0.162. The van der Waals surface area contributed by atoms with Crippen molar-refractivity contribution in [2.24, 2.45) is 0 Å². The Bertz CT molecular complexity index is 1140. The van der Waals surface area contributed by atoms with Crippen LogP contribution in [-0.2, 0) is 25.8 Å². The minimum absolute atomic E-state index is 0.00143. The summed E-state index contributed by atoms with van der Waals surface area (Å²) in [4.78, 5) is 33.0. The van der Waals surface area contributed by atoms with Crippen molar-refractivity contribution in [2.75, 3.05) is 5.75 Å². The van der Waals surface area contributed by atoms with Gasteiger partial charge in [0.05, 0.1) is 11.1 Å². The molecule has 2 aromatic heterocycles. The molecule has 0 N–H and O–H groups in total. The Morgan fingerprint density at radius 3 is 2.73 bits per heavy atom. The molecule has 0 saturated carbocycles. The van der Waals surface area contributed by atoms with E-state index in [4.69, 9.17) is 4.98 Å². The van der Waals surface area contributed by atoms with Gasteiger partial charge < -0.3 is 0 Å². The summed E-state index contributed by atoms with van der Waals surface area (Å²) in [6, 6.07) is 7.75. The molecule has 4 rings (SSSR count). The molecule has 3 aromatic rings. The summed E-state index contributed by atoms with van der Waals surface area (Å²) in [5.41, 5.74) is 3.11. The first kappa shape index (κ1) is 21.1. The van der Waals surface area contributed by atoms with Crippen LogP contribution < -0.4 is 5.56 Å². The fourth-order valence-electron chi connectivity index (χ4n) is 3.94. The largest absolute Gasteiger partial charge is 0.293 e. The molecule has 30 heavy (non-hydrogen) atoms. The third-order valence-electron chi connectivity index (χ3n) is 5.62. The molecular formula is C24H26N2O2S2. The Labute approximate surface area is 185 Å². The highest BCUT2D eigenvalue weighted by molar-refractivity contribution is 7.99. The van der Waals surface area contributed by atoms with Gasteiger partial charge in [-0.3, -0.25) is 14.2 Å². The number of benzene rings is 1. The van der Waals surface area contributed by atoms with Crippen molar-refractivity contribution < 1.29 is 4.79 Å². The molecule has 0 amide bonds. The van der Waals surface area contributed by atoms with Crippen molar-refractivity contribution in [1.82, 2.24) is 9.55 Å². The topological polar surface area (TPSA) is 52.0 Å². The summed E-state index contributed by atoms with van der Waals surface area (Å²) in [5, 5.41) is 1.38. The third kappa shape index (κ3) is 4.16. The van der Waals surface area contributed by atoms with Gasteiger partial charge in [0.15, 0.2) is 10.9 Å². The van der Waals surface area contributed by atoms with E-state index in [0.29, 0.717) is 17.3 Å². The average Bonchev–Trinajstić information content (AvgIpc) is 2.95. The van der Waals surface area contributed by atoms with Crippen LogP contribution in [0.5, 0.6) is 0 Å². The summed E-state index contributed by atoms with van der Waals surface area (Å²) in [6.07, 6.45) is 8.17. The number of aryl methyl sites for hydroxylation is 3. The number of rotatable bonds is 7. The second kappa shape index (κ2) is 9.31. The van der Waals surface area contributed by atoms with Crippen LogP contribution in [0.15, 0.2) is 46.9 Å². The van der Waals surface area contributed by atoms with E-state index >= 15 is 0 Å². The molecule has 0 unspecified atom stereocenters. The highest BCUT2D eigenvalue weighted by atomic mass is 32.2. The number of fused-ring (bicyclic) bond motifs is 3. The van der Waals surface area contributed by atoms with E-state index in [2.05, 4.69) is 13.5 Å². The predicted octanol–water partition coefficient (Wildman–Crippen LogP) is 5.45. The highest BCUT2D eigenvalue weighted by Crippen LogP contribution is 2.34. The van der Waals surface area contributed by atoms with Gasteiger partial charge in [-0.25, -0.2) is 4.98 Å². The van der Waals surface area contributed by atoms with Crippen LogP contribution in [0.25, 0.3) is 10.2 Å². The maximum Gasteiger partial charge on any atom is 0.263 e. The fraction of sp³-hybridized carbons (Fsp3) is 0.375. The molecule has 0 radical (unpaired) electrons. The summed E-state index contributed by atoms with van der Waals surface area (Å²) in [5.74, 6) is 0.301. The molecular weight excluding hydrogens is 412 g/mol. The number of ketones is 1. The van der Waals surface area contributed by atoms with E-state index in [1.165, 1.54) is 40.6 Å². The number of carbonyl (C=O) groups excluding carboxylic acids is 1. The van der Waals surface area contributed by atoms with Crippen LogP contribution in [0.3, 0.4) is 0 Å². The minimum Gasteiger partial charge on any atom is -0.293 e. The van der Waals surface area contributed by atoms with Crippen molar-refractivity contribution in [1.29, 1.82) is 0 Å². The van der Waals surface area contributed by atoms with Crippen molar-refractivity contribution in [3.05, 3.63) is 68.8 Å². The lowest BCUT2D eigenvalue weighted by molar-refractivity contribution is 0.102. The highest BCUT2D eigenvalue weighted by Gasteiger charge is 2.21. The fourth-order valence-corrected chi connectivity index (χ4v) is 6.14. The van der Waals surface area contributed by atoms with Gasteiger partial charge in [-0.05, 0) is 43.2 Å². The van der Waals surface area contributed by atoms with Gasteiger partial charge in [0.1, 0.15) is 4.83 Å². The lowest BCUT2D eigenvalue weighted by Crippen LogP contribution is -2.23. The molecule has 1 aliphatic carbocycles. The summed E-state index contributed by atoms with van der Waals surface area (Å²) >= 11 is 2.99. The Kier molecular flexibility index (Phi) is 6.54. The van der Waals surface area contributed by atoms with Crippen molar-refractivity contribution in [2.45, 2.75) is 57.1 Å². The molecule has 0 saturated heterocycles. The van der Waals surface area contributed by atoms with E-state index in [0.717, 1.165) is 35.9 Å². The predicted molar refractivity (Wildman–Crippen MR) is 126 cm³/mol. The SMILES string of the molecule is C=CCn1c(SCC(=O)c2ccc(CC)cc2)nc2sc3c(c2c1=O)CCCCC3. The normalized spacial score (nSPS) is 13.8. The molecule has 0 fully saturated rings. The standard InChI is InChI=1S/C24H26N2O2S2/c1-3-14-26-23(28)21-18-8-6-5-7-9-20(18)30-22(21)25-24(26)29-15-19(27)17-12-10-16(4-2)11-13-17/h3,10-13H,1,4-9,14-15H2,2H3. The molecule has 4 nitrogen and oxygen atoms in total. The molecule has 0 bridgehead atoms. The van der Waals surface area contributed by atoms with Gasteiger partial charge in [0, 0.05) is 17.0 Å². The van der Waals surface area contributed by atoms with E-state index in [9.17, 15) is 9.59 Å². The molecule has 0 aliphatic heterocycles. The van der Waals surface area contributed by atoms with E-state index in [-0.39, 0.29) is 17.1 Å². The van der Waals surface area contributed by atoms with E-state index in [1.54, 1.807) is 22.0 Å². The molecule has 0 spiro atoms. The number of thioether (sulfide) groups is 1. The van der Waals surface area contributed by atoms with E-state index in [1.807, 2.05) is 24.3 Å². The molecule has 1 aliphatic rings. The Balaban J connectivity index is 1.65. The van der Waals surface area contributed by atoms with Crippen LogP contribution in [0, 0.1) is 0 Å². The van der Waals surface area contributed by atoms with Gasteiger partial charge >= 0.3 is 0 Å². The maximum absolute atomic E-state index is 13.4. The monoisotopic (exact) mass is 438 g/mol. The number of nitrogens with zero attached hydrogens (tertiary/aromatic N) is 2. The summed E-state index contributed by atoms with van der Waals surface area (Å²) < 4.78 is 1.67. The lowest BCUT2D eigenvalue weighted by Gasteiger charge is -2.10. The first-order valence-electron chi connectivity index (χ1n) is 10.5.